The molecule has 0 radical (unpaired) electrons. The van der Waals surface area contributed by atoms with E-state index in [-0.39, 0.29) is 11.5 Å². The first-order valence-corrected chi connectivity index (χ1v) is 6.22. The Morgan fingerprint density at radius 2 is 2.05 bits per heavy atom. The number of nitrogens with zero attached hydrogens (tertiary/aromatic N) is 1. The predicted molar refractivity (Wildman–Crippen MR) is 66.0 cm³/mol. The van der Waals surface area contributed by atoms with Crippen molar-refractivity contribution in [2.24, 2.45) is 5.41 Å². The van der Waals surface area contributed by atoms with E-state index in [2.05, 4.69) is 0 Å². The Morgan fingerprint density at radius 3 is 2.63 bits per heavy atom. The van der Waals surface area contributed by atoms with Crippen molar-refractivity contribution in [2.75, 3.05) is 6.61 Å². The zero-order valence-corrected chi connectivity index (χ0v) is 11.2. The fourth-order valence-electron chi connectivity index (χ4n) is 2.05. The highest BCUT2D eigenvalue weighted by Crippen LogP contribution is 2.35. The van der Waals surface area contributed by atoms with Crippen LogP contribution in [0.4, 0.5) is 8.78 Å². The van der Waals surface area contributed by atoms with Crippen molar-refractivity contribution in [1.29, 1.82) is 0 Å². The molecule has 1 aromatic rings. The lowest BCUT2D eigenvalue weighted by Gasteiger charge is -2.29. The molecule has 1 aromatic carbocycles. The van der Waals surface area contributed by atoms with E-state index in [1.807, 2.05) is 0 Å². The highest BCUT2D eigenvalue weighted by atomic mass is 19.1. The van der Waals surface area contributed by atoms with Gasteiger partial charge in [-0.1, -0.05) is 26.8 Å². The second kappa shape index (κ2) is 4.89. The summed E-state index contributed by atoms with van der Waals surface area (Å²) >= 11 is 0. The number of hydroxylamine groups is 2. The van der Waals surface area contributed by atoms with E-state index in [0.29, 0.717) is 13.0 Å². The molecule has 0 spiro atoms. The normalized spacial score (nSPS) is 19.8. The highest BCUT2D eigenvalue weighted by molar-refractivity contribution is 5.81. The number of hydrogen-bond acceptors (Lipinski definition) is 2. The van der Waals surface area contributed by atoms with Gasteiger partial charge in [-0.2, -0.15) is 0 Å². The van der Waals surface area contributed by atoms with Crippen LogP contribution in [0.15, 0.2) is 18.2 Å². The Hall–Kier alpha value is -1.49. The van der Waals surface area contributed by atoms with Gasteiger partial charge in [0.15, 0.2) is 0 Å². The summed E-state index contributed by atoms with van der Waals surface area (Å²) in [7, 11) is 0. The Bertz CT molecular complexity index is 497. The molecule has 0 unspecified atom stereocenters. The quantitative estimate of drug-likeness (QED) is 0.783. The summed E-state index contributed by atoms with van der Waals surface area (Å²) in [6, 6.07) is 2.89. The third-order valence-corrected chi connectivity index (χ3v) is 3.07. The Morgan fingerprint density at radius 1 is 1.37 bits per heavy atom. The lowest BCUT2D eigenvalue weighted by Crippen LogP contribution is -2.38. The molecule has 0 N–H and O–H groups in total. The second-order valence-corrected chi connectivity index (χ2v) is 5.68. The van der Waals surface area contributed by atoms with E-state index in [9.17, 15) is 13.6 Å². The number of halogens is 2. The van der Waals surface area contributed by atoms with Gasteiger partial charge in [-0.05, 0) is 6.07 Å². The molecular formula is C14H17F2NO2. The lowest BCUT2D eigenvalue weighted by molar-refractivity contribution is -0.186. The van der Waals surface area contributed by atoms with Gasteiger partial charge < -0.3 is 0 Å². The average molecular weight is 269 g/mol. The van der Waals surface area contributed by atoms with Crippen LogP contribution in [0.2, 0.25) is 0 Å². The third kappa shape index (κ3) is 2.76. The van der Waals surface area contributed by atoms with Gasteiger partial charge in [0.1, 0.15) is 11.6 Å². The van der Waals surface area contributed by atoms with E-state index in [4.69, 9.17) is 4.84 Å². The monoisotopic (exact) mass is 269 g/mol. The molecule has 5 heteroatoms. The van der Waals surface area contributed by atoms with Gasteiger partial charge in [-0.15, -0.1) is 0 Å². The number of carbonyl (C=O) groups is 1. The fraction of sp³-hybridized carbons (Fsp3) is 0.500. The first-order valence-electron chi connectivity index (χ1n) is 6.22. The van der Waals surface area contributed by atoms with Crippen molar-refractivity contribution in [1.82, 2.24) is 5.06 Å². The third-order valence-electron chi connectivity index (χ3n) is 3.07. The maximum absolute atomic E-state index is 13.8. The summed E-state index contributed by atoms with van der Waals surface area (Å²) < 4.78 is 26.7. The van der Waals surface area contributed by atoms with Gasteiger partial charge in [0, 0.05) is 23.5 Å². The Labute approximate surface area is 111 Å². The summed E-state index contributed by atoms with van der Waals surface area (Å²) in [5.74, 6) is -1.49. The molecule has 104 valence electrons. The number of carbonyl (C=O) groups excluding carboxylic acids is 1. The molecule has 3 nitrogen and oxygen atoms in total. The smallest absolute Gasteiger partial charge is 0.252 e. The molecule has 1 amide bonds. The maximum atomic E-state index is 13.8. The summed E-state index contributed by atoms with van der Waals surface area (Å²) in [6.07, 6.45) is 0.504. The van der Waals surface area contributed by atoms with E-state index < -0.39 is 23.1 Å². The number of hydrogen-bond donors (Lipinski definition) is 0. The SMILES string of the molecule is CC(C)(C)C(=O)N1OCC[C@H]1c1ccc(F)cc1F. The van der Waals surface area contributed by atoms with E-state index in [1.165, 1.54) is 17.2 Å². The van der Waals surface area contributed by atoms with Crippen molar-refractivity contribution >= 4 is 5.91 Å². The summed E-state index contributed by atoms with van der Waals surface area (Å²) in [4.78, 5) is 17.6. The molecule has 0 aliphatic carbocycles. The van der Waals surface area contributed by atoms with Crippen molar-refractivity contribution in [2.45, 2.75) is 33.2 Å². The van der Waals surface area contributed by atoms with Crippen molar-refractivity contribution < 1.29 is 18.4 Å². The van der Waals surface area contributed by atoms with Crippen LogP contribution in [-0.4, -0.2) is 17.6 Å². The average Bonchev–Trinajstić information content (AvgIpc) is 2.75. The van der Waals surface area contributed by atoms with E-state index >= 15 is 0 Å². The van der Waals surface area contributed by atoms with Crippen LogP contribution in [0.25, 0.3) is 0 Å². The summed E-state index contributed by atoms with van der Waals surface area (Å²) in [5.41, 5.74) is -0.324. The van der Waals surface area contributed by atoms with Crippen LogP contribution in [0.5, 0.6) is 0 Å². The number of amides is 1. The van der Waals surface area contributed by atoms with Gasteiger partial charge >= 0.3 is 0 Å². The standard InChI is InChI=1S/C14H17F2NO2/c1-14(2,3)13(18)17-12(6-7-19-17)10-5-4-9(15)8-11(10)16/h4-5,8,12H,6-7H2,1-3H3/t12-/m0/s1. The molecule has 1 fully saturated rings. The number of benzene rings is 1. The summed E-state index contributed by atoms with van der Waals surface area (Å²) in [5, 5.41) is 1.22. The molecule has 1 aliphatic rings. The van der Waals surface area contributed by atoms with Crippen LogP contribution in [0, 0.1) is 17.0 Å². The number of rotatable bonds is 1. The van der Waals surface area contributed by atoms with Gasteiger partial charge in [0.2, 0.25) is 0 Å². The molecular weight excluding hydrogens is 252 g/mol. The maximum Gasteiger partial charge on any atom is 0.252 e. The molecule has 0 bridgehead atoms. The van der Waals surface area contributed by atoms with Crippen LogP contribution in [0.1, 0.15) is 38.8 Å². The first kappa shape index (κ1) is 13.9. The molecule has 1 heterocycles. The molecule has 1 aliphatic heterocycles. The minimum Gasteiger partial charge on any atom is -0.272 e. The molecule has 19 heavy (non-hydrogen) atoms. The van der Waals surface area contributed by atoms with Gasteiger partial charge in [0.25, 0.3) is 5.91 Å². The van der Waals surface area contributed by atoms with E-state index in [1.54, 1.807) is 20.8 Å². The van der Waals surface area contributed by atoms with Gasteiger partial charge in [-0.25, -0.2) is 13.8 Å². The van der Waals surface area contributed by atoms with Crippen LogP contribution >= 0.6 is 0 Å². The minimum absolute atomic E-state index is 0.210. The molecule has 1 atom stereocenters. The Balaban J connectivity index is 2.31. The van der Waals surface area contributed by atoms with Crippen LogP contribution < -0.4 is 0 Å². The van der Waals surface area contributed by atoms with Gasteiger partial charge in [-0.3, -0.25) is 9.63 Å². The molecule has 0 saturated carbocycles. The predicted octanol–water partition coefficient (Wildman–Crippen LogP) is 3.22. The summed E-state index contributed by atoms with van der Waals surface area (Å²) in [6.45, 7) is 5.67. The van der Waals surface area contributed by atoms with Crippen molar-refractivity contribution in [3.63, 3.8) is 0 Å². The topological polar surface area (TPSA) is 29.5 Å². The van der Waals surface area contributed by atoms with Gasteiger partial charge in [0.05, 0.1) is 12.6 Å². The lowest BCUT2D eigenvalue weighted by atomic mass is 9.94. The molecule has 2 rings (SSSR count). The van der Waals surface area contributed by atoms with E-state index in [0.717, 1.165) is 6.07 Å². The zero-order valence-electron chi connectivity index (χ0n) is 11.2. The Kier molecular flexibility index (Phi) is 3.58. The first-order chi connectivity index (χ1) is 8.80. The largest absolute Gasteiger partial charge is 0.272 e. The van der Waals surface area contributed by atoms with Crippen LogP contribution in [-0.2, 0) is 9.63 Å². The molecule has 1 saturated heterocycles. The highest BCUT2D eigenvalue weighted by Gasteiger charge is 2.38. The van der Waals surface area contributed by atoms with Crippen molar-refractivity contribution in [3.05, 3.63) is 35.4 Å². The fourth-order valence-corrected chi connectivity index (χ4v) is 2.05. The van der Waals surface area contributed by atoms with Crippen LogP contribution in [0.3, 0.4) is 0 Å². The molecule has 0 aromatic heterocycles. The minimum atomic E-state index is -0.651. The van der Waals surface area contributed by atoms with Crippen molar-refractivity contribution in [3.8, 4) is 0 Å². The zero-order chi connectivity index (χ0) is 14.2. The second-order valence-electron chi connectivity index (χ2n) is 5.68.